The highest BCUT2D eigenvalue weighted by Crippen LogP contribution is 2.30. The van der Waals surface area contributed by atoms with Crippen LogP contribution in [0.4, 0.5) is 5.69 Å². The first-order valence-electron chi connectivity index (χ1n) is 8.94. The number of amides is 1. The number of carbonyl (C=O) groups excluding carboxylic acids is 1. The minimum absolute atomic E-state index is 0.0853. The average molecular weight is 475 g/mol. The summed E-state index contributed by atoms with van der Waals surface area (Å²) in [4.78, 5) is 12.6. The van der Waals surface area contributed by atoms with Gasteiger partial charge in [-0.1, -0.05) is 62.2 Å². The number of hydrogen-bond donors (Lipinski definition) is 1. The lowest BCUT2D eigenvalue weighted by molar-refractivity contribution is -0.119. The largest absolute Gasteiger partial charge is 0.354 e. The number of halogens is 2. The average Bonchev–Trinajstić information content (AvgIpc) is 2.65. The normalized spacial score (nSPS) is 11.9. The molecule has 1 N–H and O–H groups in total. The van der Waals surface area contributed by atoms with Gasteiger partial charge in [0.25, 0.3) is 10.0 Å². The van der Waals surface area contributed by atoms with Crippen molar-refractivity contribution in [2.45, 2.75) is 30.4 Å². The minimum Gasteiger partial charge on any atom is -0.354 e. The fraction of sp³-hybridized carbons (Fsp3) is 0.350. The van der Waals surface area contributed by atoms with Crippen LogP contribution in [0.15, 0.2) is 53.4 Å². The molecule has 1 amide bonds. The molecular formula is C20H24Cl2N2O3S2. The van der Waals surface area contributed by atoms with Crippen molar-refractivity contribution in [3.05, 3.63) is 58.6 Å². The Morgan fingerprint density at radius 2 is 1.72 bits per heavy atom. The lowest BCUT2D eigenvalue weighted by Gasteiger charge is -2.24. The molecule has 0 radical (unpaired) electrons. The van der Waals surface area contributed by atoms with Gasteiger partial charge < -0.3 is 5.32 Å². The smallest absolute Gasteiger partial charge is 0.264 e. The monoisotopic (exact) mass is 474 g/mol. The van der Waals surface area contributed by atoms with E-state index in [1.807, 2.05) is 0 Å². The first-order chi connectivity index (χ1) is 13.5. The molecule has 0 aliphatic rings. The van der Waals surface area contributed by atoms with Crippen molar-refractivity contribution in [3.63, 3.8) is 0 Å². The maximum absolute atomic E-state index is 13.2. The number of sulfonamides is 1. The molecule has 2 aromatic carbocycles. The zero-order chi connectivity index (χ0) is 21.7. The van der Waals surface area contributed by atoms with Gasteiger partial charge in [0.05, 0.1) is 20.6 Å². The van der Waals surface area contributed by atoms with Crippen molar-refractivity contribution in [3.8, 4) is 0 Å². The third-order valence-corrected chi connectivity index (χ3v) is 7.57. The number of benzene rings is 2. The van der Waals surface area contributed by atoms with Gasteiger partial charge in [0.1, 0.15) is 6.54 Å². The summed E-state index contributed by atoms with van der Waals surface area (Å²) in [6.45, 7) is 6.37. The number of nitrogens with one attached hydrogen (secondary N) is 1. The van der Waals surface area contributed by atoms with Crippen LogP contribution in [0.25, 0.3) is 0 Å². The van der Waals surface area contributed by atoms with Gasteiger partial charge in [-0.2, -0.15) is 11.8 Å². The maximum atomic E-state index is 13.2. The lowest BCUT2D eigenvalue weighted by Crippen LogP contribution is -2.41. The predicted octanol–water partition coefficient (Wildman–Crippen LogP) is 4.84. The van der Waals surface area contributed by atoms with Gasteiger partial charge in [0.15, 0.2) is 0 Å². The van der Waals surface area contributed by atoms with Crippen LogP contribution in [0.2, 0.25) is 10.0 Å². The molecular weight excluding hydrogens is 451 g/mol. The van der Waals surface area contributed by atoms with Crippen LogP contribution in [0, 0.1) is 0 Å². The molecule has 0 saturated carbocycles. The second-order valence-electron chi connectivity index (χ2n) is 7.23. The van der Waals surface area contributed by atoms with Crippen molar-refractivity contribution in [1.29, 1.82) is 0 Å². The van der Waals surface area contributed by atoms with Crippen molar-refractivity contribution >= 4 is 56.6 Å². The minimum atomic E-state index is -3.97. The van der Waals surface area contributed by atoms with Gasteiger partial charge in [-0.3, -0.25) is 9.10 Å². The molecule has 0 spiro atoms. The van der Waals surface area contributed by atoms with Crippen LogP contribution in [-0.4, -0.2) is 37.9 Å². The highest BCUT2D eigenvalue weighted by atomic mass is 35.5. The molecule has 0 aromatic heterocycles. The van der Waals surface area contributed by atoms with E-state index in [1.54, 1.807) is 30.0 Å². The molecule has 158 valence electrons. The van der Waals surface area contributed by atoms with E-state index in [2.05, 4.69) is 26.1 Å². The third-order valence-electron chi connectivity index (χ3n) is 3.77. The third kappa shape index (κ3) is 7.10. The highest BCUT2D eigenvalue weighted by molar-refractivity contribution is 8.00. The van der Waals surface area contributed by atoms with Crippen LogP contribution in [0.5, 0.6) is 0 Å². The Labute approximate surface area is 186 Å². The molecule has 0 heterocycles. The molecule has 0 bridgehead atoms. The summed E-state index contributed by atoms with van der Waals surface area (Å²) in [6, 6.07) is 12.4. The summed E-state index contributed by atoms with van der Waals surface area (Å²) in [7, 11) is -3.97. The first kappa shape index (κ1) is 23.9. The number of nitrogens with zero attached hydrogens (tertiary/aromatic N) is 1. The van der Waals surface area contributed by atoms with Crippen LogP contribution >= 0.6 is 35.0 Å². The van der Waals surface area contributed by atoms with E-state index in [0.29, 0.717) is 11.6 Å². The molecule has 5 nitrogen and oxygen atoms in total. The van der Waals surface area contributed by atoms with E-state index in [9.17, 15) is 13.2 Å². The van der Waals surface area contributed by atoms with Crippen molar-refractivity contribution in [2.75, 3.05) is 23.1 Å². The van der Waals surface area contributed by atoms with Crippen molar-refractivity contribution < 1.29 is 13.2 Å². The number of carbonyl (C=O) groups is 1. The van der Waals surface area contributed by atoms with Gasteiger partial charge in [0.2, 0.25) is 5.91 Å². The number of hydrogen-bond acceptors (Lipinski definition) is 4. The Kier molecular flexibility index (Phi) is 8.28. The zero-order valence-corrected chi connectivity index (χ0v) is 19.6. The molecule has 0 aliphatic carbocycles. The number of anilines is 1. The Hall–Kier alpha value is -1.41. The Balaban J connectivity index is 2.24. The summed E-state index contributed by atoms with van der Waals surface area (Å²) in [5.41, 5.74) is 0.266. The molecule has 0 unspecified atom stereocenters. The summed E-state index contributed by atoms with van der Waals surface area (Å²) < 4.78 is 27.5. The second-order valence-corrected chi connectivity index (χ2v) is 11.8. The fourth-order valence-electron chi connectivity index (χ4n) is 2.41. The molecule has 2 rings (SSSR count). The van der Waals surface area contributed by atoms with Gasteiger partial charge in [-0.25, -0.2) is 8.42 Å². The van der Waals surface area contributed by atoms with Crippen molar-refractivity contribution in [2.24, 2.45) is 0 Å². The van der Waals surface area contributed by atoms with Crippen LogP contribution in [0.1, 0.15) is 20.8 Å². The van der Waals surface area contributed by atoms with Gasteiger partial charge in [-0.05, 0) is 30.3 Å². The molecule has 0 atom stereocenters. The van der Waals surface area contributed by atoms with Crippen molar-refractivity contribution in [1.82, 2.24) is 5.32 Å². The number of rotatable bonds is 8. The molecule has 2 aromatic rings. The van der Waals surface area contributed by atoms with E-state index in [4.69, 9.17) is 23.2 Å². The summed E-state index contributed by atoms with van der Waals surface area (Å²) >= 11 is 13.8. The standard InChI is InChI=1S/C20H24Cl2N2O3S2/c1-20(2,3)28-12-11-23-19(25)14-24(15-9-10-17(21)18(22)13-15)29(26,27)16-7-5-4-6-8-16/h4-10,13H,11-12,14H2,1-3H3,(H,23,25). The Morgan fingerprint density at radius 1 is 1.07 bits per heavy atom. The topological polar surface area (TPSA) is 66.5 Å². The Morgan fingerprint density at radius 3 is 2.31 bits per heavy atom. The summed E-state index contributed by atoms with van der Waals surface area (Å²) in [5, 5.41) is 3.29. The molecule has 29 heavy (non-hydrogen) atoms. The van der Waals surface area contributed by atoms with Gasteiger partial charge in [0, 0.05) is 17.0 Å². The second kappa shape index (κ2) is 10.1. The van der Waals surface area contributed by atoms with E-state index in [-0.39, 0.29) is 26.9 Å². The maximum Gasteiger partial charge on any atom is 0.264 e. The van der Waals surface area contributed by atoms with E-state index < -0.39 is 15.9 Å². The Bertz CT molecular complexity index is 946. The first-order valence-corrected chi connectivity index (χ1v) is 12.1. The molecule has 0 fully saturated rings. The fourth-order valence-corrected chi connectivity index (χ4v) is 4.95. The lowest BCUT2D eigenvalue weighted by atomic mass is 10.3. The van der Waals surface area contributed by atoms with Gasteiger partial charge in [-0.15, -0.1) is 0 Å². The van der Waals surface area contributed by atoms with Crippen LogP contribution < -0.4 is 9.62 Å². The zero-order valence-electron chi connectivity index (χ0n) is 16.5. The summed E-state index contributed by atoms with van der Waals surface area (Å²) in [6.07, 6.45) is 0. The SMILES string of the molecule is CC(C)(C)SCCNC(=O)CN(c1ccc(Cl)c(Cl)c1)S(=O)(=O)c1ccccc1. The van der Waals surface area contributed by atoms with Crippen LogP contribution in [0.3, 0.4) is 0 Å². The predicted molar refractivity (Wildman–Crippen MR) is 123 cm³/mol. The molecule has 9 heteroatoms. The summed E-state index contributed by atoms with van der Waals surface area (Å²) in [5.74, 6) is 0.332. The van der Waals surface area contributed by atoms with Gasteiger partial charge >= 0.3 is 0 Å². The quantitative estimate of drug-likeness (QED) is 0.555. The van der Waals surface area contributed by atoms with E-state index >= 15 is 0 Å². The highest BCUT2D eigenvalue weighted by Gasteiger charge is 2.27. The number of thioether (sulfide) groups is 1. The van der Waals surface area contributed by atoms with E-state index in [0.717, 1.165) is 10.1 Å². The van der Waals surface area contributed by atoms with Crippen LogP contribution in [-0.2, 0) is 14.8 Å². The molecule has 0 aliphatic heterocycles. The molecule has 0 saturated heterocycles. The van der Waals surface area contributed by atoms with E-state index in [1.165, 1.54) is 30.3 Å².